The van der Waals surface area contributed by atoms with Crippen molar-refractivity contribution in [2.45, 2.75) is 13.0 Å². The van der Waals surface area contributed by atoms with Gasteiger partial charge in [0.05, 0.1) is 0 Å². The van der Waals surface area contributed by atoms with E-state index in [-0.39, 0.29) is 17.1 Å². The molecule has 0 aromatic heterocycles. The molecule has 0 saturated heterocycles. The van der Waals surface area contributed by atoms with Gasteiger partial charge in [0.1, 0.15) is 0 Å². The summed E-state index contributed by atoms with van der Waals surface area (Å²) < 4.78 is 0. The van der Waals surface area contributed by atoms with E-state index >= 15 is 0 Å². The molecule has 0 aliphatic carbocycles. The number of aliphatic hydroxyl groups is 1. The molecule has 14 heavy (non-hydrogen) atoms. The first-order valence-corrected chi connectivity index (χ1v) is 3.70. The van der Waals surface area contributed by atoms with Crippen LogP contribution in [0.15, 0.2) is 6.07 Å². The molecule has 2 heteroatoms. The van der Waals surface area contributed by atoms with E-state index < -0.39 is 6.10 Å². The second kappa shape index (κ2) is 7.57. The third-order valence-corrected chi connectivity index (χ3v) is 1.23. The summed E-state index contributed by atoms with van der Waals surface area (Å²) in [4.78, 5) is 0. The van der Waals surface area contributed by atoms with Gasteiger partial charge in [-0.15, -0.1) is 6.10 Å². The normalized spacial score (nSPS) is 10.7. The van der Waals surface area contributed by atoms with Crippen molar-refractivity contribution < 1.29 is 22.2 Å². The molecule has 0 saturated carbocycles. The summed E-state index contributed by atoms with van der Waals surface area (Å²) in [5.74, 6) is 0. The van der Waals surface area contributed by atoms with Crippen molar-refractivity contribution in [2.24, 2.45) is 0 Å². The van der Waals surface area contributed by atoms with E-state index in [9.17, 15) is 0 Å². The zero-order chi connectivity index (χ0) is 9.52. The van der Waals surface area contributed by atoms with Gasteiger partial charge in [-0.3, -0.25) is 0 Å². The summed E-state index contributed by atoms with van der Waals surface area (Å²) in [6, 6.07) is 22.4. The van der Waals surface area contributed by atoms with Gasteiger partial charge in [0, 0.05) is 0 Å². The van der Waals surface area contributed by atoms with Crippen LogP contribution in [0.1, 0.15) is 18.6 Å². The predicted molar refractivity (Wildman–Crippen MR) is 45.4 cm³/mol. The van der Waals surface area contributed by atoms with E-state index in [0.717, 1.165) is 0 Å². The van der Waals surface area contributed by atoms with Crippen LogP contribution in [0.25, 0.3) is 0 Å². The average molecular weight is 222 g/mol. The van der Waals surface area contributed by atoms with Crippen molar-refractivity contribution in [2.75, 3.05) is 0 Å². The molecule has 2 rings (SSSR count). The molecule has 0 amide bonds. The Hall–Kier alpha value is -0.821. The van der Waals surface area contributed by atoms with Gasteiger partial charge < -0.3 is 65.3 Å². The van der Waals surface area contributed by atoms with Crippen LogP contribution in [-0.2, 0) is 17.1 Å². The Bertz CT molecular complexity index is 265. The molecular weight excluding hydrogens is 216 g/mol. The number of hydrogen-bond donors (Lipinski definition) is 1. The van der Waals surface area contributed by atoms with E-state index in [1.807, 2.05) is 0 Å². The van der Waals surface area contributed by atoms with E-state index in [2.05, 4.69) is 48.5 Å². The van der Waals surface area contributed by atoms with Gasteiger partial charge in [0.25, 0.3) is 0 Å². The summed E-state index contributed by atoms with van der Waals surface area (Å²) in [7, 11) is 0. The maximum Gasteiger partial charge on any atom is 2.00 e. The smallest absolute Gasteiger partial charge is 0.999 e. The second-order valence-corrected chi connectivity index (χ2v) is 2.27. The second-order valence-electron chi connectivity index (χ2n) is 2.27. The monoisotopic (exact) mass is 222 g/mol. The van der Waals surface area contributed by atoms with Crippen LogP contribution in [0.5, 0.6) is 0 Å². The van der Waals surface area contributed by atoms with Crippen molar-refractivity contribution in [3.8, 4) is 0 Å². The SMILES string of the molecule is C[C@@H](O)[c-]1[c-][c-][c-][c-]1.[Fe+2].[c-]1[c-][c-][cH-][c-]1. The summed E-state index contributed by atoms with van der Waals surface area (Å²) in [6.45, 7) is 1.66. The maximum absolute atomic E-state index is 8.81. The standard InChI is InChI=1S/C7H5O.C5H.Fe/c1-6(8)7-4-2-3-5-7;1-2-4-5-3-1;/h6,8H,1H3;1H;/q2*-5;+2/t6-;;/m1../s1. The van der Waals surface area contributed by atoms with E-state index in [1.54, 1.807) is 13.0 Å². The van der Waals surface area contributed by atoms with E-state index in [1.165, 1.54) is 0 Å². The first-order chi connectivity index (χ1) is 6.30. The molecule has 1 nitrogen and oxygen atoms in total. The molecule has 0 bridgehead atoms. The molecule has 0 heterocycles. The van der Waals surface area contributed by atoms with Crippen molar-refractivity contribution in [1.29, 1.82) is 0 Å². The zero-order valence-corrected chi connectivity index (χ0v) is 8.56. The molecule has 0 spiro atoms. The molecule has 1 N–H and O–H groups in total. The van der Waals surface area contributed by atoms with Gasteiger partial charge in [-0.1, -0.05) is 6.92 Å². The fraction of sp³-hybridized carbons (Fsp3) is 0.167. The molecule has 0 radical (unpaired) electrons. The fourth-order valence-electron chi connectivity index (χ4n) is 0.618. The van der Waals surface area contributed by atoms with Gasteiger partial charge in [-0.2, -0.15) is 0 Å². The van der Waals surface area contributed by atoms with E-state index in [4.69, 9.17) is 5.11 Å². The molecule has 2 aromatic rings. The van der Waals surface area contributed by atoms with Crippen molar-refractivity contribution in [3.05, 3.63) is 60.2 Å². The first kappa shape index (κ1) is 13.2. The molecule has 1 atom stereocenters. The van der Waals surface area contributed by atoms with Crippen molar-refractivity contribution in [1.82, 2.24) is 0 Å². The van der Waals surface area contributed by atoms with Crippen LogP contribution in [0.2, 0.25) is 0 Å². The van der Waals surface area contributed by atoms with Crippen molar-refractivity contribution in [3.63, 3.8) is 0 Å². The van der Waals surface area contributed by atoms with Crippen LogP contribution in [-0.4, -0.2) is 5.11 Å². The Morgan fingerprint density at radius 1 is 1.07 bits per heavy atom. The van der Waals surface area contributed by atoms with Gasteiger partial charge >= 0.3 is 17.1 Å². The third-order valence-electron chi connectivity index (χ3n) is 1.23. The first-order valence-electron chi connectivity index (χ1n) is 3.70. The average Bonchev–Trinajstić information content (AvgIpc) is 2.82. The summed E-state index contributed by atoms with van der Waals surface area (Å²) in [6.07, 6.45) is -0.488. The minimum absolute atomic E-state index is 0. The Labute approximate surface area is 95.6 Å². The molecule has 76 valence electrons. The number of rotatable bonds is 1. The van der Waals surface area contributed by atoms with Gasteiger partial charge in [0.2, 0.25) is 0 Å². The third kappa shape index (κ3) is 5.03. The van der Waals surface area contributed by atoms with Crippen LogP contribution in [0.4, 0.5) is 0 Å². The summed E-state index contributed by atoms with van der Waals surface area (Å²) in [5.41, 5.74) is 0.630. The molecule has 0 aliphatic heterocycles. The Balaban J connectivity index is 0.000000246. The summed E-state index contributed by atoms with van der Waals surface area (Å²) >= 11 is 0. The number of hydrogen-bond acceptors (Lipinski definition) is 1. The molecule has 0 aliphatic rings. The Morgan fingerprint density at radius 2 is 1.57 bits per heavy atom. The van der Waals surface area contributed by atoms with Crippen LogP contribution < -0.4 is 0 Å². The van der Waals surface area contributed by atoms with E-state index in [0.29, 0.717) is 5.56 Å². The minimum atomic E-state index is -0.488. The van der Waals surface area contributed by atoms with Crippen LogP contribution in [0, 0.1) is 48.5 Å². The maximum atomic E-state index is 8.81. The van der Waals surface area contributed by atoms with Crippen LogP contribution in [0.3, 0.4) is 0 Å². The molecule has 0 fully saturated rings. The minimum Gasteiger partial charge on any atom is -0.999 e. The Morgan fingerprint density at radius 3 is 1.79 bits per heavy atom. The zero-order valence-electron chi connectivity index (χ0n) is 7.46. The fourth-order valence-corrected chi connectivity index (χ4v) is 0.618. The molecule has 0 unspecified atom stereocenters. The predicted octanol–water partition coefficient (Wildman–Crippen LogP) is 1.26. The summed E-state index contributed by atoms with van der Waals surface area (Å²) in [5, 5.41) is 8.81. The largest absolute Gasteiger partial charge is 2.00 e. The number of aliphatic hydroxyl groups excluding tert-OH is 1. The van der Waals surface area contributed by atoms with Gasteiger partial charge in [-0.05, 0) is 0 Å². The Kier molecular flexibility index (Phi) is 7.13. The molecular formula is C12H6FeO-8. The van der Waals surface area contributed by atoms with Crippen LogP contribution >= 0.6 is 0 Å². The molecule has 2 aromatic carbocycles. The van der Waals surface area contributed by atoms with Gasteiger partial charge in [-0.25, -0.2) is 0 Å². The quantitative estimate of drug-likeness (QED) is 0.568. The topological polar surface area (TPSA) is 20.2 Å². The van der Waals surface area contributed by atoms with Gasteiger partial charge in [0.15, 0.2) is 0 Å². The van der Waals surface area contributed by atoms with Crippen molar-refractivity contribution >= 4 is 0 Å².